The summed E-state index contributed by atoms with van der Waals surface area (Å²) in [5.41, 5.74) is -0.130. The van der Waals surface area contributed by atoms with Crippen molar-refractivity contribution in [3.05, 3.63) is 26.8 Å². The van der Waals surface area contributed by atoms with Crippen LogP contribution in [0.4, 0.5) is 5.69 Å². The Kier molecular flexibility index (Phi) is 4.13. The Balaban J connectivity index is 2.19. The maximum Gasteiger partial charge on any atom is 0.244 e. The van der Waals surface area contributed by atoms with E-state index in [1.807, 2.05) is 0 Å². The average molecular weight is 375 g/mol. The van der Waals surface area contributed by atoms with Crippen molar-refractivity contribution >= 4 is 45.8 Å². The maximum absolute atomic E-state index is 12.2. The molecule has 5 heteroatoms. The molecule has 18 heavy (non-hydrogen) atoms. The molecule has 0 saturated heterocycles. The molecule has 0 aromatic heterocycles. The summed E-state index contributed by atoms with van der Waals surface area (Å²) in [5.74, 6) is -0.192. The van der Waals surface area contributed by atoms with Crippen molar-refractivity contribution in [2.45, 2.75) is 25.7 Å². The van der Waals surface area contributed by atoms with Crippen LogP contribution >= 0.6 is 34.2 Å². The lowest BCUT2D eigenvalue weighted by Crippen LogP contribution is -2.32. The third kappa shape index (κ3) is 2.62. The zero-order chi connectivity index (χ0) is 13.2. The summed E-state index contributed by atoms with van der Waals surface area (Å²) in [6.45, 7) is 0. The van der Waals surface area contributed by atoms with Crippen molar-refractivity contribution < 1.29 is 4.79 Å². The number of rotatable bonds is 2. The van der Waals surface area contributed by atoms with Crippen molar-refractivity contribution in [2.75, 3.05) is 5.32 Å². The number of carbonyl (C=O) groups is 1. The van der Waals surface area contributed by atoms with Crippen molar-refractivity contribution in [3.63, 3.8) is 0 Å². The molecule has 0 unspecified atom stereocenters. The van der Waals surface area contributed by atoms with Gasteiger partial charge >= 0.3 is 0 Å². The van der Waals surface area contributed by atoms with Crippen LogP contribution in [-0.2, 0) is 4.79 Å². The first-order chi connectivity index (χ1) is 8.57. The van der Waals surface area contributed by atoms with Gasteiger partial charge in [0.05, 0.1) is 11.8 Å². The van der Waals surface area contributed by atoms with E-state index in [0.717, 1.165) is 16.4 Å². The number of nitrogens with one attached hydrogen (secondary N) is 1. The summed E-state index contributed by atoms with van der Waals surface area (Å²) in [4.78, 5) is 12.2. The van der Waals surface area contributed by atoms with E-state index in [2.05, 4.69) is 34.0 Å². The highest BCUT2D eigenvalue weighted by atomic mass is 127. The summed E-state index contributed by atoms with van der Waals surface area (Å²) in [6.07, 6.45) is 3.19. The van der Waals surface area contributed by atoms with E-state index < -0.39 is 5.41 Å². The fourth-order valence-corrected chi connectivity index (χ4v) is 3.21. The van der Waals surface area contributed by atoms with Crippen molar-refractivity contribution in [2.24, 2.45) is 5.41 Å². The molecule has 0 atom stereocenters. The van der Waals surface area contributed by atoms with E-state index in [1.54, 1.807) is 18.2 Å². The second-order valence-electron chi connectivity index (χ2n) is 4.48. The number of nitrogens with zero attached hydrogens (tertiary/aromatic N) is 1. The third-order valence-electron chi connectivity index (χ3n) is 3.29. The average Bonchev–Trinajstić information content (AvgIpc) is 2.82. The first-order valence-corrected chi connectivity index (χ1v) is 7.21. The van der Waals surface area contributed by atoms with Gasteiger partial charge in [-0.25, -0.2) is 0 Å². The lowest BCUT2D eigenvalue weighted by Gasteiger charge is -2.19. The molecule has 1 N–H and O–H groups in total. The third-order valence-corrected chi connectivity index (χ3v) is 4.41. The van der Waals surface area contributed by atoms with E-state index in [4.69, 9.17) is 11.6 Å². The van der Waals surface area contributed by atoms with Gasteiger partial charge in [-0.3, -0.25) is 4.79 Å². The molecule has 1 aliphatic carbocycles. The van der Waals surface area contributed by atoms with E-state index in [1.165, 1.54) is 0 Å². The Bertz CT molecular complexity index is 518. The molecule has 1 saturated carbocycles. The Morgan fingerprint density at radius 1 is 1.44 bits per heavy atom. The highest BCUT2D eigenvalue weighted by Crippen LogP contribution is 2.38. The summed E-state index contributed by atoms with van der Waals surface area (Å²) >= 11 is 7.98. The number of halogens is 2. The van der Waals surface area contributed by atoms with Crippen LogP contribution in [0.5, 0.6) is 0 Å². The van der Waals surface area contributed by atoms with E-state index in [0.29, 0.717) is 23.6 Å². The molecule has 3 nitrogen and oxygen atoms in total. The van der Waals surface area contributed by atoms with Crippen LogP contribution < -0.4 is 5.32 Å². The monoisotopic (exact) mass is 374 g/mol. The SMILES string of the molecule is N#CC1(C(=O)Nc2ccc(Cl)cc2I)CCCC1. The highest BCUT2D eigenvalue weighted by Gasteiger charge is 2.41. The minimum Gasteiger partial charge on any atom is -0.324 e. The van der Waals surface area contributed by atoms with Crippen LogP contribution in [-0.4, -0.2) is 5.91 Å². The van der Waals surface area contributed by atoms with Crippen LogP contribution in [0.25, 0.3) is 0 Å². The molecule has 0 bridgehead atoms. The molecule has 1 fully saturated rings. The summed E-state index contributed by atoms with van der Waals surface area (Å²) in [7, 11) is 0. The van der Waals surface area contributed by atoms with Gasteiger partial charge in [0.25, 0.3) is 0 Å². The molecule has 0 radical (unpaired) electrons. The number of amides is 1. The molecule has 1 aromatic carbocycles. The predicted octanol–water partition coefficient (Wildman–Crippen LogP) is 3.97. The van der Waals surface area contributed by atoms with Gasteiger partial charge in [-0.1, -0.05) is 24.4 Å². The smallest absolute Gasteiger partial charge is 0.244 e. The Hall–Kier alpha value is -0.800. The maximum atomic E-state index is 12.2. The standard InChI is InChI=1S/C13H12ClIN2O/c14-9-3-4-11(10(15)7-9)17-12(18)13(8-16)5-1-2-6-13/h3-4,7H,1-2,5-6H2,(H,17,18). The minimum absolute atomic E-state index is 0.192. The second kappa shape index (κ2) is 5.45. The van der Waals surface area contributed by atoms with Crippen molar-refractivity contribution in [1.82, 2.24) is 0 Å². The quantitative estimate of drug-likeness (QED) is 0.797. The molecule has 1 aromatic rings. The first-order valence-electron chi connectivity index (χ1n) is 5.75. The van der Waals surface area contributed by atoms with Gasteiger partial charge in [-0.2, -0.15) is 5.26 Å². The van der Waals surface area contributed by atoms with Gasteiger partial charge < -0.3 is 5.32 Å². The summed E-state index contributed by atoms with van der Waals surface area (Å²) < 4.78 is 0.875. The fraction of sp³-hybridized carbons (Fsp3) is 0.385. The zero-order valence-electron chi connectivity index (χ0n) is 9.67. The van der Waals surface area contributed by atoms with Crippen LogP contribution in [0.3, 0.4) is 0 Å². The number of nitriles is 1. The number of carbonyl (C=O) groups excluding carboxylic acids is 1. The van der Waals surface area contributed by atoms with Crippen molar-refractivity contribution in [3.8, 4) is 6.07 Å². The fourth-order valence-electron chi connectivity index (χ4n) is 2.20. The molecular formula is C13H12ClIN2O. The van der Waals surface area contributed by atoms with Crippen LogP contribution in [0.1, 0.15) is 25.7 Å². The van der Waals surface area contributed by atoms with Crippen LogP contribution in [0.15, 0.2) is 18.2 Å². The lowest BCUT2D eigenvalue weighted by molar-refractivity contribution is -0.122. The molecule has 2 rings (SSSR count). The van der Waals surface area contributed by atoms with Gasteiger partial charge in [0.1, 0.15) is 5.41 Å². The number of hydrogen-bond acceptors (Lipinski definition) is 2. The highest BCUT2D eigenvalue weighted by molar-refractivity contribution is 14.1. The van der Waals surface area contributed by atoms with Gasteiger partial charge in [0.2, 0.25) is 5.91 Å². The van der Waals surface area contributed by atoms with Crippen LogP contribution in [0.2, 0.25) is 5.02 Å². The molecule has 0 heterocycles. The minimum atomic E-state index is -0.845. The van der Waals surface area contributed by atoms with E-state index in [-0.39, 0.29) is 5.91 Å². The predicted molar refractivity (Wildman–Crippen MR) is 79.3 cm³/mol. The second-order valence-corrected chi connectivity index (χ2v) is 6.08. The van der Waals surface area contributed by atoms with Crippen LogP contribution in [0, 0.1) is 20.3 Å². The largest absolute Gasteiger partial charge is 0.324 e. The first kappa shape index (κ1) is 13.6. The van der Waals surface area contributed by atoms with E-state index >= 15 is 0 Å². The van der Waals surface area contributed by atoms with E-state index in [9.17, 15) is 10.1 Å². The molecule has 94 valence electrons. The number of anilines is 1. The molecule has 0 aliphatic heterocycles. The number of benzene rings is 1. The molecule has 1 aliphatic rings. The lowest BCUT2D eigenvalue weighted by atomic mass is 9.87. The van der Waals surface area contributed by atoms with Gasteiger partial charge in [0.15, 0.2) is 0 Å². The molecule has 1 amide bonds. The topological polar surface area (TPSA) is 52.9 Å². The normalized spacial score (nSPS) is 17.2. The Morgan fingerprint density at radius 2 is 2.11 bits per heavy atom. The number of hydrogen-bond donors (Lipinski definition) is 1. The summed E-state index contributed by atoms with van der Waals surface area (Å²) in [5, 5.41) is 12.7. The van der Waals surface area contributed by atoms with Gasteiger partial charge in [0, 0.05) is 8.59 Å². The Labute approximate surface area is 125 Å². The van der Waals surface area contributed by atoms with Gasteiger partial charge in [-0.15, -0.1) is 0 Å². The molecular weight excluding hydrogens is 363 g/mol. The van der Waals surface area contributed by atoms with Gasteiger partial charge in [-0.05, 0) is 53.6 Å². The molecule has 0 spiro atoms. The Morgan fingerprint density at radius 3 is 2.67 bits per heavy atom. The zero-order valence-corrected chi connectivity index (χ0v) is 12.6. The van der Waals surface area contributed by atoms with Crippen molar-refractivity contribution in [1.29, 1.82) is 5.26 Å². The summed E-state index contributed by atoms with van der Waals surface area (Å²) in [6, 6.07) is 7.47.